The van der Waals surface area contributed by atoms with Crippen LogP contribution in [0.3, 0.4) is 0 Å². The predicted octanol–water partition coefficient (Wildman–Crippen LogP) is 3.13. The molecular formula is C23H27N3O3. The maximum atomic E-state index is 12.6. The second kappa shape index (κ2) is 9.09. The number of nitrogens with one attached hydrogen (secondary N) is 3. The van der Waals surface area contributed by atoms with E-state index < -0.39 is 0 Å². The van der Waals surface area contributed by atoms with Gasteiger partial charge in [-0.05, 0) is 67.5 Å². The molecule has 2 amide bonds. The summed E-state index contributed by atoms with van der Waals surface area (Å²) in [4.78, 5) is 24.9. The predicted molar refractivity (Wildman–Crippen MR) is 113 cm³/mol. The highest BCUT2D eigenvalue weighted by Gasteiger charge is 2.18. The Morgan fingerprint density at radius 3 is 2.76 bits per heavy atom. The Labute approximate surface area is 171 Å². The van der Waals surface area contributed by atoms with Gasteiger partial charge < -0.3 is 20.7 Å². The fraction of sp³-hybridized carbons (Fsp3) is 0.391. The Morgan fingerprint density at radius 1 is 1.03 bits per heavy atom. The molecule has 0 aromatic heterocycles. The number of anilines is 2. The van der Waals surface area contributed by atoms with E-state index in [1.165, 1.54) is 17.5 Å². The van der Waals surface area contributed by atoms with Crippen molar-refractivity contribution in [2.45, 2.75) is 38.2 Å². The van der Waals surface area contributed by atoms with Crippen LogP contribution in [0, 0.1) is 0 Å². The van der Waals surface area contributed by atoms with E-state index in [2.05, 4.69) is 28.1 Å². The third-order valence-corrected chi connectivity index (χ3v) is 5.51. The molecular weight excluding hydrogens is 366 g/mol. The molecule has 29 heavy (non-hydrogen) atoms. The van der Waals surface area contributed by atoms with Crippen LogP contribution in [0.1, 0.15) is 40.7 Å². The lowest BCUT2D eigenvalue weighted by Crippen LogP contribution is -2.32. The van der Waals surface area contributed by atoms with Crippen molar-refractivity contribution < 1.29 is 14.3 Å². The molecule has 0 spiro atoms. The molecule has 0 bridgehead atoms. The van der Waals surface area contributed by atoms with Gasteiger partial charge >= 0.3 is 0 Å². The topological polar surface area (TPSA) is 79.5 Å². The summed E-state index contributed by atoms with van der Waals surface area (Å²) in [7, 11) is 0. The summed E-state index contributed by atoms with van der Waals surface area (Å²) in [6, 6.07) is 13.3. The molecule has 1 fully saturated rings. The zero-order valence-electron chi connectivity index (χ0n) is 16.5. The number of fused-ring (bicyclic) bond motifs is 1. The smallest absolute Gasteiger partial charge is 0.253 e. The van der Waals surface area contributed by atoms with Crippen LogP contribution in [-0.2, 0) is 22.4 Å². The van der Waals surface area contributed by atoms with E-state index in [4.69, 9.17) is 4.74 Å². The summed E-state index contributed by atoms with van der Waals surface area (Å²) in [6.45, 7) is 1.36. The van der Waals surface area contributed by atoms with Gasteiger partial charge in [0.25, 0.3) is 5.91 Å². The minimum atomic E-state index is -0.164. The van der Waals surface area contributed by atoms with Crippen LogP contribution in [0.25, 0.3) is 0 Å². The first-order chi connectivity index (χ1) is 14.2. The molecule has 2 aliphatic rings. The molecule has 1 heterocycles. The van der Waals surface area contributed by atoms with Crippen molar-refractivity contribution in [1.82, 2.24) is 5.32 Å². The lowest BCUT2D eigenvalue weighted by Gasteiger charge is -2.14. The van der Waals surface area contributed by atoms with E-state index in [0.29, 0.717) is 17.8 Å². The van der Waals surface area contributed by atoms with E-state index in [1.54, 1.807) is 6.07 Å². The number of hydrogen-bond donors (Lipinski definition) is 3. The molecule has 4 rings (SSSR count). The number of benzene rings is 2. The minimum absolute atomic E-state index is 0.0904. The largest absolute Gasteiger partial charge is 0.376 e. The van der Waals surface area contributed by atoms with Crippen LogP contribution in [0.15, 0.2) is 42.5 Å². The van der Waals surface area contributed by atoms with Crippen LogP contribution < -0.4 is 16.0 Å². The number of hydrogen-bond acceptors (Lipinski definition) is 4. The van der Waals surface area contributed by atoms with Gasteiger partial charge in [0.15, 0.2) is 0 Å². The average Bonchev–Trinajstić information content (AvgIpc) is 3.42. The standard InChI is InChI=1S/C23H27N3O3/c27-22(26-18-11-10-16-5-3-6-17(16)13-18)15-24-21-9-2-1-8-20(21)23(28)25-14-19-7-4-12-29-19/h1-2,8-11,13,19,24H,3-7,12,14-15H2,(H,25,28)(H,26,27). The van der Waals surface area contributed by atoms with Crippen molar-refractivity contribution in [1.29, 1.82) is 0 Å². The first kappa shape index (κ1) is 19.5. The molecule has 6 nitrogen and oxygen atoms in total. The molecule has 1 aliphatic carbocycles. The number of carbonyl (C=O) groups is 2. The fourth-order valence-electron chi connectivity index (χ4n) is 3.97. The highest BCUT2D eigenvalue weighted by atomic mass is 16.5. The quantitative estimate of drug-likeness (QED) is 0.675. The van der Waals surface area contributed by atoms with Crippen molar-refractivity contribution in [3.05, 3.63) is 59.2 Å². The summed E-state index contributed by atoms with van der Waals surface area (Å²) in [5.41, 5.74) is 4.69. The van der Waals surface area contributed by atoms with Crippen molar-refractivity contribution in [3.63, 3.8) is 0 Å². The fourth-order valence-corrected chi connectivity index (χ4v) is 3.97. The zero-order valence-corrected chi connectivity index (χ0v) is 16.5. The van der Waals surface area contributed by atoms with E-state index in [1.807, 2.05) is 24.3 Å². The van der Waals surface area contributed by atoms with Crippen LogP contribution >= 0.6 is 0 Å². The van der Waals surface area contributed by atoms with Gasteiger partial charge in [0.1, 0.15) is 0 Å². The molecule has 0 saturated carbocycles. The van der Waals surface area contributed by atoms with Crippen molar-refractivity contribution >= 4 is 23.2 Å². The lowest BCUT2D eigenvalue weighted by atomic mass is 10.1. The number of rotatable bonds is 7. The van der Waals surface area contributed by atoms with Crippen LogP contribution in [0.4, 0.5) is 11.4 Å². The van der Waals surface area contributed by atoms with Gasteiger partial charge in [-0.15, -0.1) is 0 Å². The monoisotopic (exact) mass is 393 g/mol. The maximum absolute atomic E-state index is 12.6. The average molecular weight is 393 g/mol. The maximum Gasteiger partial charge on any atom is 0.253 e. The second-order valence-corrected chi connectivity index (χ2v) is 7.63. The van der Waals surface area contributed by atoms with Crippen molar-refractivity contribution in [3.8, 4) is 0 Å². The van der Waals surface area contributed by atoms with Crippen LogP contribution in [-0.4, -0.2) is 37.6 Å². The number of amides is 2. The molecule has 2 aromatic carbocycles. The summed E-state index contributed by atoms with van der Waals surface area (Å²) in [5, 5.41) is 8.95. The van der Waals surface area contributed by atoms with E-state index in [9.17, 15) is 9.59 Å². The molecule has 1 aliphatic heterocycles. The number of aryl methyl sites for hydroxylation is 2. The van der Waals surface area contributed by atoms with Gasteiger partial charge in [0.05, 0.1) is 18.2 Å². The van der Waals surface area contributed by atoms with Gasteiger partial charge in [0.2, 0.25) is 5.91 Å². The Balaban J connectivity index is 1.32. The number of carbonyl (C=O) groups excluding carboxylic acids is 2. The molecule has 0 radical (unpaired) electrons. The Kier molecular flexibility index (Phi) is 6.10. The van der Waals surface area contributed by atoms with Crippen LogP contribution in [0.5, 0.6) is 0 Å². The van der Waals surface area contributed by atoms with E-state index in [-0.39, 0.29) is 24.5 Å². The first-order valence-corrected chi connectivity index (χ1v) is 10.3. The summed E-state index contributed by atoms with van der Waals surface area (Å²) in [5.74, 6) is -0.305. The molecule has 152 valence electrons. The number of para-hydroxylation sites is 1. The Morgan fingerprint density at radius 2 is 1.90 bits per heavy atom. The highest BCUT2D eigenvalue weighted by Crippen LogP contribution is 2.25. The molecule has 2 aromatic rings. The van der Waals surface area contributed by atoms with Crippen molar-refractivity contribution in [2.24, 2.45) is 0 Å². The second-order valence-electron chi connectivity index (χ2n) is 7.63. The van der Waals surface area contributed by atoms with E-state index >= 15 is 0 Å². The molecule has 1 atom stereocenters. The Hall–Kier alpha value is -2.86. The van der Waals surface area contributed by atoms with Gasteiger partial charge in [-0.2, -0.15) is 0 Å². The molecule has 1 saturated heterocycles. The molecule has 6 heteroatoms. The van der Waals surface area contributed by atoms with Gasteiger partial charge in [-0.1, -0.05) is 18.2 Å². The minimum Gasteiger partial charge on any atom is -0.376 e. The lowest BCUT2D eigenvalue weighted by molar-refractivity contribution is -0.114. The normalized spacial score (nSPS) is 17.6. The molecule has 3 N–H and O–H groups in total. The summed E-state index contributed by atoms with van der Waals surface area (Å²) < 4.78 is 5.55. The van der Waals surface area contributed by atoms with Gasteiger partial charge in [-0.25, -0.2) is 0 Å². The SMILES string of the molecule is O=C(CNc1ccccc1C(=O)NCC1CCCO1)Nc1ccc2c(c1)CCC2. The van der Waals surface area contributed by atoms with Gasteiger partial charge in [0, 0.05) is 24.5 Å². The summed E-state index contributed by atoms with van der Waals surface area (Å²) >= 11 is 0. The van der Waals surface area contributed by atoms with Crippen LogP contribution in [0.2, 0.25) is 0 Å². The zero-order chi connectivity index (χ0) is 20.1. The third-order valence-electron chi connectivity index (χ3n) is 5.51. The summed E-state index contributed by atoms with van der Waals surface area (Å²) in [6.07, 6.45) is 5.49. The highest BCUT2D eigenvalue weighted by molar-refractivity contribution is 6.01. The Bertz CT molecular complexity index is 891. The van der Waals surface area contributed by atoms with Crippen molar-refractivity contribution in [2.75, 3.05) is 30.3 Å². The first-order valence-electron chi connectivity index (χ1n) is 10.3. The molecule has 1 unspecified atom stereocenters. The van der Waals surface area contributed by atoms with E-state index in [0.717, 1.165) is 38.0 Å². The van der Waals surface area contributed by atoms with Gasteiger partial charge in [-0.3, -0.25) is 9.59 Å². The number of ether oxygens (including phenoxy) is 1. The third kappa shape index (κ3) is 4.95.